The van der Waals surface area contributed by atoms with Crippen molar-refractivity contribution >= 4 is 18.9 Å². The molecule has 0 aliphatic carbocycles. The Balaban J connectivity index is 0.00000144. The molecule has 0 saturated carbocycles. The summed E-state index contributed by atoms with van der Waals surface area (Å²) < 4.78 is 21.2. The quantitative estimate of drug-likeness (QED) is 0.551. The average molecular weight is 368 g/mol. The molecular weight excluding hydrogens is 360 g/mol. The molecule has 22 heavy (non-hydrogen) atoms. The first-order valence-corrected chi connectivity index (χ1v) is 6.32. The van der Waals surface area contributed by atoms with E-state index in [-0.39, 0.29) is 80.8 Å². The fourth-order valence-electron chi connectivity index (χ4n) is 2.32. The number of carbonyl (C=O) groups excluding carboxylic acids is 2. The van der Waals surface area contributed by atoms with Crippen molar-refractivity contribution in [3.8, 4) is 11.5 Å². The van der Waals surface area contributed by atoms with Gasteiger partial charge in [-0.3, -0.25) is 9.59 Å². The summed E-state index contributed by atoms with van der Waals surface area (Å²) in [5, 5.41) is 0. The first-order chi connectivity index (χ1) is 10.2. The van der Waals surface area contributed by atoms with Gasteiger partial charge in [0.1, 0.15) is 0 Å². The van der Waals surface area contributed by atoms with Crippen molar-refractivity contribution in [2.45, 2.75) is 0 Å². The maximum atomic E-state index is 12.0. The number of benzene rings is 2. The predicted molar refractivity (Wildman–Crippen MR) is 70.7 cm³/mol. The normalized spacial score (nSPS) is 16.9. The van der Waals surface area contributed by atoms with E-state index in [1.807, 2.05) is 0 Å². The van der Waals surface area contributed by atoms with E-state index in [9.17, 15) is 9.59 Å². The van der Waals surface area contributed by atoms with E-state index in [2.05, 4.69) is 0 Å². The second-order valence-corrected chi connectivity index (χ2v) is 4.62. The molecule has 0 atom stereocenters. The molecule has 6 nitrogen and oxygen atoms in total. The zero-order valence-electron chi connectivity index (χ0n) is 11.6. The summed E-state index contributed by atoms with van der Waals surface area (Å²) in [7, 11) is 0. The van der Waals surface area contributed by atoms with Crippen LogP contribution in [0.5, 0.6) is 11.5 Å². The Morgan fingerprint density at radius 2 is 1.05 bits per heavy atom. The summed E-state index contributed by atoms with van der Waals surface area (Å²) in [6.45, 7) is -2.97. The number of fused-ring (bicyclic) bond motifs is 2. The van der Waals surface area contributed by atoms with Crippen LogP contribution in [0.4, 0.5) is 0 Å². The van der Waals surface area contributed by atoms with Crippen LogP contribution in [0.3, 0.4) is 0 Å². The van der Waals surface area contributed by atoms with Crippen LogP contribution in [0.15, 0.2) is 48.5 Å². The van der Waals surface area contributed by atoms with Crippen molar-refractivity contribution in [3.63, 3.8) is 0 Å². The first-order valence-electron chi connectivity index (χ1n) is 6.32. The van der Waals surface area contributed by atoms with Gasteiger partial charge in [-0.2, -0.15) is 0 Å². The molecule has 0 amide bonds. The van der Waals surface area contributed by atoms with Crippen LogP contribution in [0, 0.1) is 0 Å². The molecule has 2 aliphatic rings. The second kappa shape index (κ2) is 5.81. The summed E-state index contributed by atoms with van der Waals surface area (Å²) in [5.41, 5.74) is 0.506. The minimum Gasteiger partial charge on any atom is -0.610 e. The van der Waals surface area contributed by atoms with Gasteiger partial charge < -0.3 is 18.6 Å². The van der Waals surface area contributed by atoms with Gasteiger partial charge in [-0.05, 0) is 24.3 Å². The molecule has 0 saturated heterocycles. The van der Waals surface area contributed by atoms with Crippen molar-refractivity contribution in [3.05, 3.63) is 59.7 Å². The molecule has 1 spiro atoms. The molecule has 0 radical (unpaired) electrons. The molecule has 2 aliphatic heterocycles. The summed E-state index contributed by atoms with van der Waals surface area (Å²) in [5.74, 6) is -0.824. The van der Waals surface area contributed by atoms with Crippen LogP contribution in [0.25, 0.3) is 0 Å². The van der Waals surface area contributed by atoms with Crippen LogP contribution < -0.4 is 67.5 Å². The Kier molecular flexibility index (Phi) is 4.15. The number of hydrogen-bond acceptors (Lipinski definition) is 6. The van der Waals surface area contributed by atoms with E-state index < -0.39 is 18.9 Å². The van der Waals surface area contributed by atoms with Crippen molar-refractivity contribution in [2.75, 3.05) is 0 Å². The molecule has 0 bridgehead atoms. The van der Waals surface area contributed by atoms with E-state index in [0.717, 1.165) is 0 Å². The molecule has 4 rings (SSSR count). The Labute approximate surface area is 174 Å². The summed E-state index contributed by atoms with van der Waals surface area (Å²) >= 11 is 0. The van der Waals surface area contributed by atoms with E-state index in [1.165, 1.54) is 0 Å². The molecule has 104 valence electrons. The van der Waals surface area contributed by atoms with Gasteiger partial charge >= 0.3 is 77.1 Å². The van der Waals surface area contributed by atoms with Gasteiger partial charge in [0.05, 0.1) is 22.6 Å². The topological polar surface area (TPSA) is 71.1 Å². The Morgan fingerprint density at radius 1 is 0.636 bits per heavy atom. The van der Waals surface area contributed by atoms with E-state index in [4.69, 9.17) is 18.6 Å². The monoisotopic (exact) mass is 368 g/mol. The van der Waals surface area contributed by atoms with Crippen molar-refractivity contribution in [1.82, 2.24) is 0 Å². The van der Waals surface area contributed by atoms with Gasteiger partial charge in [0.2, 0.25) is 0 Å². The summed E-state index contributed by atoms with van der Waals surface area (Å²) in [4.78, 5) is 24.0. The third kappa shape index (κ3) is 2.52. The zero-order valence-corrected chi connectivity index (χ0v) is 16.6. The number of carbonyl (C=O) groups is 2. The van der Waals surface area contributed by atoms with Crippen molar-refractivity contribution in [1.29, 1.82) is 0 Å². The summed E-state index contributed by atoms with van der Waals surface area (Å²) in [6, 6.07) is 13.0. The van der Waals surface area contributed by atoms with Crippen LogP contribution in [0.1, 0.15) is 20.7 Å². The van der Waals surface area contributed by atoms with Gasteiger partial charge in [0, 0.05) is 0 Å². The van der Waals surface area contributed by atoms with Gasteiger partial charge in [-0.15, -0.1) is 0 Å². The molecule has 0 unspecified atom stereocenters. The Bertz CT molecular complexity index is 712. The van der Waals surface area contributed by atoms with Gasteiger partial charge in [0.25, 0.3) is 0 Å². The number of rotatable bonds is 0. The second-order valence-electron chi connectivity index (χ2n) is 4.62. The van der Waals surface area contributed by atoms with Crippen LogP contribution >= 0.6 is 0 Å². The Hall–Kier alpha value is -1.15. The molecule has 2 aromatic rings. The summed E-state index contributed by atoms with van der Waals surface area (Å²) in [6.07, 6.45) is 0. The maximum Gasteiger partial charge on any atom is 1.00 e. The van der Waals surface area contributed by atoms with Gasteiger partial charge in [-0.1, -0.05) is 24.3 Å². The smallest absolute Gasteiger partial charge is 0.610 e. The van der Waals surface area contributed by atoms with Crippen LogP contribution in [-0.2, 0) is 9.31 Å². The minimum atomic E-state index is -2.97. The number of para-hydroxylation sites is 2. The molecular formula is C14H8BO6Rb. The first kappa shape index (κ1) is 15.7. The standard InChI is InChI=1S/C14H8BO6.Rb/c16-13-9-5-1-3-7-11(9)18-15(20-13)19-12-8-4-2-6-10(12)14(17)21-15;/h1-8H;/q-1;+1. The van der Waals surface area contributed by atoms with Crippen molar-refractivity contribution in [2.24, 2.45) is 0 Å². The molecule has 0 aromatic heterocycles. The van der Waals surface area contributed by atoms with Crippen LogP contribution in [0.2, 0.25) is 0 Å². The average Bonchev–Trinajstić information content (AvgIpc) is 2.47. The third-order valence-corrected chi connectivity index (χ3v) is 3.26. The molecule has 8 heteroatoms. The maximum absolute atomic E-state index is 12.0. The molecule has 0 N–H and O–H groups in total. The molecule has 2 aromatic carbocycles. The fraction of sp³-hybridized carbons (Fsp3) is 0. The van der Waals surface area contributed by atoms with Crippen molar-refractivity contribution < 1.29 is 86.4 Å². The molecule has 0 fully saturated rings. The van der Waals surface area contributed by atoms with E-state index in [0.29, 0.717) is 0 Å². The van der Waals surface area contributed by atoms with Gasteiger partial charge in [-0.25, -0.2) is 0 Å². The zero-order chi connectivity index (χ0) is 14.4. The SMILES string of the molecule is O=C1O[B-]2(OC(=O)c3ccccc3O2)Oc2ccccc21.[Rb+]. The van der Waals surface area contributed by atoms with E-state index in [1.54, 1.807) is 48.5 Å². The van der Waals surface area contributed by atoms with Gasteiger partial charge in [0.15, 0.2) is 0 Å². The van der Waals surface area contributed by atoms with E-state index >= 15 is 0 Å². The number of hydrogen-bond donors (Lipinski definition) is 0. The minimum absolute atomic E-state index is 0. The third-order valence-electron chi connectivity index (χ3n) is 3.26. The Morgan fingerprint density at radius 3 is 1.50 bits per heavy atom. The fourth-order valence-corrected chi connectivity index (χ4v) is 2.32. The predicted octanol–water partition coefficient (Wildman–Crippen LogP) is -1.08. The van der Waals surface area contributed by atoms with Crippen LogP contribution in [-0.4, -0.2) is 18.9 Å². The largest absolute Gasteiger partial charge is 1.00 e. The molecule has 2 heterocycles.